The quantitative estimate of drug-likeness (QED) is 0.677. The van der Waals surface area contributed by atoms with Gasteiger partial charge in [0.2, 0.25) is 5.91 Å². The molecule has 2 rings (SSSR count). The first-order chi connectivity index (χ1) is 10.1. The third kappa shape index (κ3) is 5.52. The zero-order valence-corrected chi connectivity index (χ0v) is 14.5. The van der Waals surface area contributed by atoms with Crippen LogP contribution in [0.2, 0.25) is 0 Å². The molecular formula is C16H15Br2NO2. The molecule has 0 radical (unpaired) electrons. The largest absolute Gasteiger partial charge is 0.494 e. The van der Waals surface area contributed by atoms with Crippen molar-refractivity contribution in [1.82, 2.24) is 0 Å². The van der Waals surface area contributed by atoms with Crippen LogP contribution >= 0.6 is 31.9 Å². The van der Waals surface area contributed by atoms with Crippen molar-refractivity contribution < 1.29 is 9.53 Å². The number of hydrogen-bond acceptors (Lipinski definition) is 2. The topological polar surface area (TPSA) is 38.3 Å². The van der Waals surface area contributed by atoms with E-state index in [0.717, 1.165) is 20.4 Å². The fourth-order valence-electron chi connectivity index (χ4n) is 1.74. The molecule has 0 unspecified atom stereocenters. The van der Waals surface area contributed by atoms with Crippen LogP contribution in [0.15, 0.2) is 57.5 Å². The Kier molecular flexibility index (Phi) is 6.26. The monoisotopic (exact) mass is 411 g/mol. The normalized spacial score (nSPS) is 10.2. The van der Waals surface area contributed by atoms with Gasteiger partial charge < -0.3 is 10.1 Å². The zero-order valence-electron chi connectivity index (χ0n) is 11.3. The van der Waals surface area contributed by atoms with Gasteiger partial charge in [0.25, 0.3) is 0 Å². The molecule has 0 bridgehead atoms. The van der Waals surface area contributed by atoms with Crippen LogP contribution in [0.3, 0.4) is 0 Å². The second kappa shape index (κ2) is 8.20. The molecule has 2 aromatic rings. The average molecular weight is 413 g/mol. The van der Waals surface area contributed by atoms with Crippen molar-refractivity contribution in [1.29, 1.82) is 0 Å². The van der Waals surface area contributed by atoms with E-state index in [0.29, 0.717) is 19.4 Å². The highest BCUT2D eigenvalue weighted by molar-refractivity contribution is 9.11. The van der Waals surface area contributed by atoms with Gasteiger partial charge in [-0.25, -0.2) is 0 Å². The molecule has 110 valence electrons. The van der Waals surface area contributed by atoms with E-state index in [-0.39, 0.29) is 5.91 Å². The highest BCUT2D eigenvalue weighted by Crippen LogP contribution is 2.26. The maximum absolute atomic E-state index is 11.9. The molecule has 1 N–H and O–H groups in total. The summed E-state index contributed by atoms with van der Waals surface area (Å²) < 4.78 is 7.36. The molecule has 0 heterocycles. The Morgan fingerprint density at radius 3 is 2.57 bits per heavy atom. The SMILES string of the molecule is O=C(CCCOc1ccccc1)Nc1ccc(Br)cc1Br. The number of carbonyl (C=O) groups excluding carboxylic acids is 1. The van der Waals surface area contributed by atoms with Crippen LogP contribution in [0, 0.1) is 0 Å². The van der Waals surface area contributed by atoms with Gasteiger partial charge in [0, 0.05) is 15.4 Å². The van der Waals surface area contributed by atoms with Crippen LogP contribution in [-0.4, -0.2) is 12.5 Å². The van der Waals surface area contributed by atoms with Crippen molar-refractivity contribution in [2.45, 2.75) is 12.8 Å². The first kappa shape index (κ1) is 16.0. The third-order valence-electron chi connectivity index (χ3n) is 2.77. The molecule has 0 atom stereocenters. The summed E-state index contributed by atoms with van der Waals surface area (Å²) >= 11 is 6.80. The maximum atomic E-state index is 11.9. The Hall–Kier alpha value is -1.33. The molecule has 2 aromatic carbocycles. The molecule has 0 saturated heterocycles. The van der Waals surface area contributed by atoms with Crippen LogP contribution in [0.4, 0.5) is 5.69 Å². The van der Waals surface area contributed by atoms with E-state index in [9.17, 15) is 4.79 Å². The fourth-order valence-corrected chi connectivity index (χ4v) is 2.89. The molecule has 0 aliphatic carbocycles. The lowest BCUT2D eigenvalue weighted by Gasteiger charge is -2.08. The third-order valence-corrected chi connectivity index (χ3v) is 3.91. The Morgan fingerprint density at radius 2 is 1.86 bits per heavy atom. The Balaban J connectivity index is 1.72. The second-order valence-electron chi connectivity index (χ2n) is 4.44. The summed E-state index contributed by atoms with van der Waals surface area (Å²) in [5.41, 5.74) is 0.771. The Bertz CT molecular complexity index is 602. The van der Waals surface area contributed by atoms with E-state index in [1.165, 1.54) is 0 Å². The summed E-state index contributed by atoms with van der Waals surface area (Å²) in [7, 11) is 0. The number of carbonyl (C=O) groups is 1. The number of amides is 1. The highest BCUT2D eigenvalue weighted by Gasteiger charge is 2.06. The van der Waals surface area contributed by atoms with E-state index in [1.54, 1.807) is 0 Å². The highest BCUT2D eigenvalue weighted by atomic mass is 79.9. The van der Waals surface area contributed by atoms with Gasteiger partial charge in [0.05, 0.1) is 12.3 Å². The minimum Gasteiger partial charge on any atom is -0.494 e. The van der Waals surface area contributed by atoms with E-state index in [2.05, 4.69) is 37.2 Å². The van der Waals surface area contributed by atoms with Gasteiger partial charge in [-0.2, -0.15) is 0 Å². The molecule has 0 fully saturated rings. The molecule has 21 heavy (non-hydrogen) atoms. The zero-order chi connectivity index (χ0) is 15.1. The number of nitrogens with one attached hydrogen (secondary N) is 1. The summed E-state index contributed by atoms with van der Waals surface area (Å²) in [5, 5.41) is 2.87. The van der Waals surface area contributed by atoms with Crippen molar-refractivity contribution in [2.75, 3.05) is 11.9 Å². The van der Waals surface area contributed by atoms with Crippen molar-refractivity contribution in [3.63, 3.8) is 0 Å². The van der Waals surface area contributed by atoms with Crippen molar-refractivity contribution in [3.05, 3.63) is 57.5 Å². The Morgan fingerprint density at radius 1 is 1.10 bits per heavy atom. The number of benzene rings is 2. The van der Waals surface area contributed by atoms with E-state index in [4.69, 9.17) is 4.74 Å². The fraction of sp³-hybridized carbons (Fsp3) is 0.188. The van der Waals surface area contributed by atoms with E-state index < -0.39 is 0 Å². The molecule has 1 amide bonds. The van der Waals surface area contributed by atoms with Crippen molar-refractivity contribution >= 4 is 43.5 Å². The second-order valence-corrected chi connectivity index (χ2v) is 6.21. The maximum Gasteiger partial charge on any atom is 0.224 e. The molecule has 3 nitrogen and oxygen atoms in total. The van der Waals surface area contributed by atoms with Gasteiger partial charge in [-0.15, -0.1) is 0 Å². The van der Waals surface area contributed by atoms with Crippen LogP contribution in [0.5, 0.6) is 5.75 Å². The van der Waals surface area contributed by atoms with Gasteiger partial charge in [0.1, 0.15) is 5.75 Å². The number of para-hydroxylation sites is 1. The standard InChI is InChI=1S/C16H15Br2NO2/c17-12-8-9-15(14(18)11-12)19-16(20)7-4-10-21-13-5-2-1-3-6-13/h1-3,5-6,8-9,11H,4,7,10H2,(H,19,20). The van der Waals surface area contributed by atoms with Gasteiger partial charge in [0.15, 0.2) is 0 Å². The number of halogens is 2. The van der Waals surface area contributed by atoms with Gasteiger partial charge >= 0.3 is 0 Å². The summed E-state index contributed by atoms with van der Waals surface area (Å²) in [6, 6.07) is 15.2. The van der Waals surface area contributed by atoms with Crippen LogP contribution in [0.25, 0.3) is 0 Å². The number of rotatable bonds is 6. The lowest BCUT2D eigenvalue weighted by atomic mass is 10.2. The molecular weight excluding hydrogens is 398 g/mol. The Labute approximate surface area is 141 Å². The summed E-state index contributed by atoms with van der Waals surface area (Å²) in [6.45, 7) is 0.527. The van der Waals surface area contributed by atoms with Crippen LogP contribution < -0.4 is 10.1 Å². The molecule has 0 aromatic heterocycles. The van der Waals surface area contributed by atoms with Crippen LogP contribution in [0.1, 0.15) is 12.8 Å². The molecule has 0 spiro atoms. The van der Waals surface area contributed by atoms with Gasteiger partial charge in [-0.1, -0.05) is 34.1 Å². The van der Waals surface area contributed by atoms with E-state index >= 15 is 0 Å². The molecule has 0 aliphatic heterocycles. The first-order valence-electron chi connectivity index (χ1n) is 6.58. The first-order valence-corrected chi connectivity index (χ1v) is 8.16. The predicted octanol–water partition coefficient (Wildman–Crippen LogP) is 5.01. The van der Waals surface area contributed by atoms with Crippen molar-refractivity contribution in [2.24, 2.45) is 0 Å². The molecule has 5 heteroatoms. The average Bonchev–Trinajstić information content (AvgIpc) is 2.48. The number of ether oxygens (including phenoxy) is 1. The molecule has 0 saturated carbocycles. The van der Waals surface area contributed by atoms with Crippen LogP contribution in [-0.2, 0) is 4.79 Å². The van der Waals surface area contributed by atoms with Gasteiger partial charge in [-0.05, 0) is 52.7 Å². The smallest absolute Gasteiger partial charge is 0.224 e. The summed E-state index contributed by atoms with van der Waals surface area (Å²) in [5.74, 6) is 0.809. The minimum atomic E-state index is -0.0188. The summed E-state index contributed by atoms with van der Waals surface area (Å²) in [6.07, 6.45) is 1.10. The molecule has 0 aliphatic rings. The summed E-state index contributed by atoms with van der Waals surface area (Å²) in [4.78, 5) is 11.9. The van der Waals surface area contributed by atoms with Crippen molar-refractivity contribution in [3.8, 4) is 5.75 Å². The van der Waals surface area contributed by atoms with Gasteiger partial charge in [-0.3, -0.25) is 4.79 Å². The number of hydrogen-bond donors (Lipinski definition) is 1. The number of anilines is 1. The predicted molar refractivity (Wildman–Crippen MR) is 91.6 cm³/mol. The minimum absolute atomic E-state index is 0.0188. The van der Waals surface area contributed by atoms with E-state index in [1.807, 2.05) is 48.5 Å². The lowest BCUT2D eigenvalue weighted by Crippen LogP contribution is -2.13. The lowest BCUT2D eigenvalue weighted by molar-refractivity contribution is -0.116.